The fraction of sp³-hybridized carbons (Fsp3) is 0.917. The minimum Gasteiger partial charge on any atom is -0.338 e. The van der Waals surface area contributed by atoms with Gasteiger partial charge >= 0.3 is 6.03 Å². The van der Waals surface area contributed by atoms with Gasteiger partial charge in [0.25, 0.3) is 0 Å². The minimum atomic E-state index is 0.105. The fourth-order valence-corrected chi connectivity index (χ4v) is 2.31. The quantitative estimate of drug-likeness (QED) is 0.749. The number of amides is 2. The number of rotatable bonds is 2. The van der Waals surface area contributed by atoms with Crippen LogP contribution in [0, 0.1) is 11.3 Å². The summed E-state index contributed by atoms with van der Waals surface area (Å²) in [6.45, 7) is 11.3. The van der Waals surface area contributed by atoms with Gasteiger partial charge in [-0.1, -0.05) is 20.8 Å². The molecule has 1 aliphatic heterocycles. The maximum atomic E-state index is 11.6. The maximum Gasteiger partial charge on any atom is 0.317 e. The molecular weight excluding hydrogens is 188 g/mol. The molecule has 1 atom stereocenters. The van der Waals surface area contributed by atoms with Gasteiger partial charge in [0.05, 0.1) is 0 Å². The molecule has 1 fully saturated rings. The van der Waals surface area contributed by atoms with E-state index >= 15 is 0 Å². The molecule has 0 radical (unpaired) electrons. The Hall–Kier alpha value is -0.730. The van der Waals surface area contributed by atoms with Crippen LogP contribution in [-0.4, -0.2) is 30.6 Å². The highest BCUT2D eigenvalue weighted by molar-refractivity contribution is 5.74. The van der Waals surface area contributed by atoms with E-state index in [4.69, 9.17) is 0 Å². The van der Waals surface area contributed by atoms with E-state index in [0.29, 0.717) is 11.3 Å². The molecule has 0 saturated carbocycles. The molecule has 2 amide bonds. The van der Waals surface area contributed by atoms with Crippen LogP contribution >= 0.6 is 0 Å². The number of nitrogens with zero attached hydrogens (tertiary/aromatic N) is 1. The van der Waals surface area contributed by atoms with E-state index in [-0.39, 0.29) is 6.03 Å². The number of hydrogen-bond donors (Lipinski definition) is 1. The summed E-state index contributed by atoms with van der Waals surface area (Å²) in [7, 11) is 0. The van der Waals surface area contributed by atoms with E-state index in [9.17, 15) is 4.79 Å². The first-order valence-corrected chi connectivity index (χ1v) is 5.95. The van der Waals surface area contributed by atoms with Gasteiger partial charge in [-0.3, -0.25) is 0 Å². The molecule has 0 bridgehead atoms. The summed E-state index contributed by atoms with van der Waals surface area (Å²) in [5.41, 5.74) is 0.377. The number of hydrogen-bond acceptors (Lipinski definition) is 1. The SMILES string of the molecule is CCNC(=O)N1CC[C@@H](CC(C)(C)C)C1. The highest BCUT2D eigenvalue weighted by Crippen LogP contribution is 2.30. The summed E-state index contributed by atoms with van der Waals surface area (Å²) >= 11 is 0. The molecule has 0 unspecified atom stereocenters. The van der Waals surface area contributed by atoms with Crippen LogP contribution in [0.1, 0.15) is 40.5 Å². The summed E-state index contributed by atoms with van der Waals surface area (Å²) in [6.07, 6.45) is 2.37. The second kappa shape index (κ2) is 4.86. The van der Waals surface area contributed by atoms with Crippen LogP contribution in [0.5, 0.6) is 0 Å². The topological polar surface area (TPSA) is 32.3 Å². The molecule has 1 saturated heterocycles. The highest BCUT2D eigenvalue weighted by Gasteiger charge is 2.28. The first-order chi connectivity index (χ1) is 6.92. The monoisotopic (exact) mass is 212 g/mol. The number of likely N-dealkylation sites (tertiary alicyclic amines) is 1. The lowest BCUT2D eigenvalue weighted by molar-refractivity contribution is 0.205. The van der Waals surface area contributed by atoms with Crippen molar-refractivity contribution in [2.75, 3.05) is 19.6 Å². The summed E-state index contributed by atoms with van der Waals surface area (Å²) in [6, 6.07) is 0.105. The van der Waals surface area contributed by atoms with E-state index in [2.05, 4.69) is 26.1 Å². The van der Waals surface area contributed by atoms with Crippen molar-refractivity contribution in [3.05, 3.63) is 0 Å². The molecule has 1 heterocycles. The molecule has 1 N–H and O–H groups in total. The number of urea groups is 1. The minimum absolute atomic E-state index is 0.105. The van der Waals surface area contributed by atoms with Gasteiger partial charge in [-0.25, -0.2) is 4.79 Å². The van der Waals surface area contributed by atoms with Crippen LogP contribution in [0.2, 0.25) is 0 Å². The van der Waals surface area contributed by atoms with Gasteiger partial charge in [0.15, 0.2) is 0 Å². The Morgan fingerprint density at radius 2 is 2.13 bits per heavy atom. The smallest absolute Gasteiger partial charge is 0.317 e. The van der Waals surface area contributed by atoms with Crippen molar-refractivity contribution < 1.29 is 4.79 Å². The van der Waals surface area contributed by atoms with Gasteiger partial charge in [-0.05, 0) is 31.1 Å². The lowest BCUT2D eigenvalue weighted by Gasteiger charge is -2.23. The molecule has 0 aromatic heterocycles. The Bertz CT molecular complexity index is 220. The summed E-state index contributed by atoms with van der Waals surface area (Å²) in [4.78, 5) is 13.5. The largest absolute Gasteiger partial charge is 0.338 e. The van der Waals surface area contributed by atoms with Gasteiger partial charge in [0.2, 0.25) is 0 Å². The molecule has 3 heteroatoms. The van der Waals surface area contributed by atoms with Crippen molar-refractivity contribution >= 4 is 6.03 Å². The number of carbonyl (C=O) groups is 1. The highest BCUT2D eigenvalue weighted by atomic mass is 16.2. The molecular formula is C12H24N2O. The van der Waals surface area contributed by atoms with Crippen molar-refractivity contribution in [2.45, 2.75) is 40.5 Å². The van der Waals surface area contributed by atoms with Crippen LogP contribution in [0.3, 0.4) is 0 Å². The molecule has 1 rings (SSSR count). The second-order valence-corrected chi connectivity index (χ2v) is 5.70. The summed E-state index contributed by atoms with van der Waals surface area (Å²) in [5.74, 6) is 0.688. The Balaban J connectivity index is 2.36. The second-order valence-electron chi connectivity index (χ2n) is 5.70. The van der Waals surface area contributed by atoms with Crippen LogP contribution in [0.4, 0.5) is 4.79 Å². The lowest BCUT2D eigenvalue weighted by Crippen LogP contribution is -2.38. The third-order valence-electron chi connectivity index (χ3n) is 2.80. The predicted molar refractivity (Wildman–Crippen MR) is 62.8 cm³/mol. The van der Waals surface area contributed by atoms with Gasteiger partial charge in [-0.2, -0.15) is 0 Å². The van der Waals surface area contributed by atoms with Crippen molar-refractivity contribution in [1.29, 1.82) is 0 Å². The van der Waals surface area contributed by atoms with Gasteiger partial charge < -0.3 is 10.2 Å². The average molecular weight is 212 g/mol. The summed E-state index contributed by atoms with van der Waals surface area (Å²) < 4.78 is 0. The molecule has 1 aliphatic rings. The van der Waals surface area contributed by atoms with Crippen LogP contribution in [0.25, 0.3) is 0 Å². The Kier molecular flexibility index (Phi) is 4.00. The van der Waals surface area contributed by atoms with Crippen LogP contribution in [-0.2, 0) is 0 Å². The third-order valence-corrected chi connectivity index (χ3v) is 2.80. The van der Waals surface area contributed by atoms with Crippen molar-refractivity contribution in [2.24, 2.45) is 11.3 Å². The molecule has 0 aromatic carbocycles. The van der Waals surface area contributed by atoms with Crippen LogP contribution < -0.4 is 5.32 Å². The van der Waals surface area contributed by atoms with Crippen molar-refractivity contribution in [1.82, 2.24) is 10.2 Å². The van der Waals surface area contributed by atoms with E-state index in [1.807, 2.05) is 11.8 Å². The molecule has 0 aromatic rings. The number of nitrogens with one attached hydrogen (secondary N) is 1. The van der Waals surface area contributed by atoms with Gasteiger partial charge in [0, 0.05) is 19.6 Å². The average Bonchev–Trinajstić information content (AvgIpc) is 2.50. The number of carbonyl (C=O) groups excluding carboxylic acids is 1. The van der Waals surface area contributed by atoms with E-state index < -0.39 is 0 Å². The van der Waals surface area contributed by atoms with Crippen molar-refractivity contribution in [3.8, 4) is 0 Å². The van der Waals surface area contributed by atoms with E-state index in [1.54, 1.807) is 0 Å². The Morgan fingerprint density at radius 3 is 2.67 bits per heavy atom. The molecule has 3 nitrogen and oxygen atoms in total. The van der Waals surface area contributed by atoms with Gasteiger partial charge in [-0.15, -0.1) is 0 Å². The maximum absolute atomic E-state index is 11.6. The standard InChI is InChI=1S/C12H24N2O/c1-5-13-11(15)14-7-6-10(9-14)8-12(2,3)4/h10H,5-9H2,1-4H3,(H,13,15)/t10-/m0/s1. The van der Waals surface area contributed by atoms with Crippen LogP contribution in [0.15, 0.2) is 0 Å². The first-order valence-electron chi connectivity index (χ1n) is 5.95. The zero-order chi connectivity index (χ0) is 11.5. The summed E-state index contributed by atoms with van der Waals surface area (Å²) in [5, 5.41) is 2.86. The predicted octanol–water partition coefficient (Wildman–Crippen LogP) is 2.47. The Morgan fingerprint density at radius 1 is 1.47 bits per heavy atom. The molecule has 0 aliphatic carbocycles. The molecule has 0 spiro atoms. The first kappa shape index (κ1) is 12.3. The van der Waals surface area contributed by atoms with Gasteiger partial charge in [0.1, 0.15) is 0 Å². The normalized spacial score (nSPS) is 21.9. The van der Waals surface area contributed by atoms with E-state index in [0.717, 1.165) is 26.1 Å². The third kappa shape index (κ3) is 4.10. The fourth-order valence-electron chi connectivity index (χ4n) is 2.31. The van der Waals surface area contributed by atoms with E-state index in [1.165, 1.54) is 6.42 Å². The zero-order valence-electron chi connectivity index (χ0n) is 10.5. The zero-order valence-corrected chi connectivity index (χ0v) is 10.5. The van der Waals surface area contributed by atoms with Crippen molar-refractivity contribution in [3.63, 3.8) is 0 Å². The lowest BCUT2D eigenvalue weighted by atomic mass is 9.84. The molecule has 15 heavy (non-hydrogen) atoms. The Labute approximate surface area is 93.2 Å². The molecule has 88 valence electrons.